The van der Waals surface area contributed by atoms with Gasteiger partial charge in [-0.15, -0.1) is 0 Å². The van der Waals surface area contributed by atoms with Crippen molar-refractivity contribution in [1.29, 1.82) is 0 Å². The minimum absolute atomic E-state index is 0.610. The van der Waals surface area contributed by atoms with E-state index >= 15 is 0 Å². The van der Waals surface area contributed by atoms with Gasteiger partial charge < -0.3 is 9.30 Å². The van der Waals surface area contributed by atoms with Crippen LogP contribution in [0.2, 0.25) is 0 Å². The number of imidazole rings is 1. The predicted molar refractivity (Wildman–Crippen MR) is 87.4 cm³/mol. The fourth-order valence-corrected chi connectivity index (χ4v) is 2.58. The summed E-state index contributed by atoms with van der Waals surface area (Å²) >= 11 is 0. The zero-order valence-electron chi connectivity index (χ0n) is 12.9. The number of hydrogen-bond acceptors (Lipinski definition) is 6. The van der Waals surface area contributed by atoms with Gasteiger partial charge in [0.25, 0.3) is 0 Å². The summed E-state index contributed by atoms with van der Waals surface area (Å²) in [4.78, 5) is 8.48. The molecule has 3 aromatic heterocycles. The summed E-state index contributed by atoms with van der Waals surface area (Å²) in [5.74, 6) is 1.62. The maximum atomic E-state index is 5.67. The van der Waals surface area contributed by atoms with Gasteiger partial charge in [-0.3, -0.25) is 4.98 Å². The van der Waals surface area contributed by atoms with Gasteiger partial charge in [0.15, 0.2) is 0 Å². The number of fused-ring (bicyclic) bond motifs is 1. The second kappa shape index (κ2) is 6.49. The first kappa shape index (κ1) is 14.4. The Morgan fingerprint density at radius 3 is 3.00 bits per heavy atom. The van der Waals surface area contributed by atoms with Crippen LogP contribution in [-0.2, 0) is 6.54 Å². The lowest BCUT2D eigenvalue weighted by molar-refractivity contribution is 0.301. The molecule has 4 aromatic rings. The van der Waals surface area contributed by atoms with Crippen LogP contribution in [0.25, 0.3) is 22.4 Å². The lowest BCUT2D eigenvalue weighted by Crippen LogP contribution is -2.05. The summed E-state index contributed by atoms with van der Waals surface area (Å²) < 4.78 is 12.6. The Labute approximate surface area is 137 Å². The number of ether oxygens (including phenoxy) is 1. The van der Waals surface area contributed by atoms with Crippen LogP contribution in [-0.4, -0.2) is 31.5 Å². The molecule has 0 N–H and O–H groups in total. The van der Waals surface area contributed by atoms with Crippen LogP contribution in [0.5, 0.6) is 5.75 Å². The number of hydrogen-bond donors (Lipinski definition) is 0. The largest absolute Gasteiger partial charge is 0.492 e. The Morgan fingerprint density at radius 2 is 2.08 bits per heavy atom. The van der Waals surface area contributed by atoms with Crippen molar-refractivity contribution in [2.45, 2.75) is 13.0 Å². The number of benzene rings is 1. The molecule has 0 fully saturated rings. The lowest BCUT2D eigenvalue weighted by atomic mass is 10.1. The Hall–Kier alpha value is -3.22. The van der Waals surface area contributed by atoms with E-state index in [2.05, 4.69) is 24.8 Å². The van der Waals surface area contributed by atoms with E-state index in [0.717, 1.165) is 41.1 Å². The van der Waals surface area contributed by atoms with Crippen LogP contribution in [0, 0.1) is 0 Å². The van der Waals surface area contributed by atoms with Gasteiger partial charge in [-0.2, -0.15) is 0 Å². The van der Waals surface area contributed by atoms with E-state index in [9.17, 15) is 0 Å². The highest BCUT2D eigenvalue weighted by Crippen LogP contribution is 2.25. The number of aromatic nitrogens is 5. The summed E-state index contributed by atoms with van der Waals surface area (Å²) in [7, 11) is 0. The Kier molecular flexibility index (Phi) is 3.89. The summed E-state index contributed by atoms with van der Waals surface area (Å²) in [5, 5.41) is 7.86. The van der Waals surface area contributed by atoms with E-state index in [1.54, 1.807) is 18.6 Å². The van der Waals surface area contributed by atoms with Crippen molar-refractivity contribution >= 4 is 11.0 Å². The van der Waals surface area contributed by atoms with Crippen molar-refractivity contribution in [2.24, 2.45) is 0 Å². The minimum atomic E-state index is 0.610. The molecule has 7 heteroatoms. The first-order chi connectivity index (χ1) is 11.9. The van der Waals surface area contributed by atoms with Crippen molar-refractivity contribution in [3.05, 3.63) is 55.1 Å². The molecule has 0 unspecified atom stereocenters. The molecule has 0 atom stereocenters. The molecule has 0 bridgehead atoms. The van der Waals surface area contributed by atoms with E-state index in [-0.39, 0.29) is 0 Å². The van der Waals surface area contributed by atoms with Gasteiger partial charge in [-0.1, -0.05) is 6.07 Å². The average molecular weight is 321 g/mol. The first-order valence-corrected chi connectivity index (χ1v) is 7.67. The van der Waals surface area contributed by atoms with E-state index in [1.807, 2.05) is 36.5 Å². The topological polar surface area (TPSA) is 78.9 Å². The van der Waals surface area contributed by atoms with E-state index in [1.165, 1.54) is 0 Å². The van der Waals surface area contributed by atoms with E-state index in [0.29, 0.717) is 6.61 Å². The highest BCUT2D eigenvalue weighted by molar-refractivity contribution is 5.88. The maximum absolute atomic E-state index is 5.67. The average Bonchev–Trinajstić information content (AvgIpc) is 3.28. The van der Waals surface area contributed by atoms with Gasteiger partial charge in [-0.25, -0.2) is 9.61 Å². The Morgan fingerprint density at radius 1 is 1.08 bits per heavy atom. The van der Waals surface area contributed by atoms with Gasteiger partial charge >= 0.3 is 0 Å². The lowest BCUT2D eigenvalue weighted by Gasteiger charge is -2.09. The van der Waals surface area contributed by atoms with Crippen molar-refractivity contribution in [3.63, 3.8) is 0 Å². The second-order valence-electron chi connectivity index (χ2n) is 5.27. The van der Waals surface area contributed by atoms with Crippen LogP contribution in [0.4, 0.5) is 0 Å². The van der Waals surface area contributed by atoms with Crippen LogP contribution in [0.15, 0.2) is 59.7 Å². The highest BCUT2D eigenvalue weighted by atomic mass is 16.6. The molecule has 3 heterocycles. The third-order valence-corrected chi connectivity index (χ3v) is 3.69. The molecule has 0 saturated heterocycles. The minimum Gasteiger partial charge on any atom is -0.492 e. The fourth-order valence-electron chi connectivity index (χ4n) is 2.58. The Bertz CT molecular complexity index is 932. The fraction of sp³-hybridized carbons (Fsp3) is 0.176. The first-order valence-electron chi connectivity index (χ1n) is 7.67. The Balaban J connectivity index is 1.46. The molecule has 0 radical (unpaired) electrons. The van der Waals surface area contributed by atoms with Gasteiger partial charge in [-0.05, 0) is 41.0 Å². The summed E-state index contributed by atoms with van der Waals surface area (Å²) in [6.45, 7) is 1.40. The standard InChI is InChI=1S/C17H15N5O2/c1-5-14(16-15(6-1)20-24-21-16)17-19-8-10-22(17)9-3-11-23-13-4-2-7-18-12-13/h1-2,4-8,10,12H,3,9,11H2. The molecule has 1 aromatic carbocycles. The molecule has 24 heavy (non-hydrogen) atoms. The number of nitrogens with zero attached hydrogens (tertiary/aromatic N) is 5. The molecular formula is C17H15N5O2. The number of rotatable bonds is 6. The van der Waals surface area contributed by atoms with E-state index in [4.69, 9.17) is 9.37 Å². The summed E-state index contributed by atoms with van der Waals surface area (Å²) in [6.07, 6.45) is 8.02. The van der Waals surface area contributed by atoms with Crippen LogP contribution >= 0.6 is 0 Å². The highest BCUT2D eigenvalue weighted by Gasteiger charge is 2.13. The molecule has 120 valence electrons. The second-order valence-corrected chi connectivity index (χ2v) is 5.27. The van der Waals surface area contributed by atoms with Gasteiger partial charge in [0, 0.05) is 30.7 Å². The zero-order chi connectivity index (χ0) is 16.2. The van der Waals surface area contributed by atoms with Crippen molar-refractivity contribution < 1.29 is 9.37 Å². The molecule has 0 aliphatic rings. The predicted octanol–water partition coefficient (Wildman–Crippen LogP) is 2.95. The molecule has 4 rings (SSSR count). The molecule has 0 spiro atoms. The summed E-state index contributed by atoms with van der Waals surface area (Å²) in [5.41, 5.74) is 2.35. The molecule has 0 aliphatic carbocycles. The van der Waals surface area contributed by atoms with Gasteiger partial charge in [0.1, 0.15) is 22.6 Å². The molecule has 0 aliphatic heterocycles. The van der Waals surface area contributed by atoms with E-state index < -0.39 is 0 Å². The maximum Gasteiger partial charge on any atom is 0.146 e. The van der Waals surface area contributed by atoms with Crippen LogP contribution in [0.3, 0.4) is 0 Å². The zero-order valence-corrected chi connectivity index (χ0v) is 12.9. The van der Waals surface area contributed by atoms with Crippen LogP contribution < -0.4 is 4.74 Å². The molecular weight excluding hydrogens is 306 g/mol. The quantitative estimate of drug-likeness (QED) is 0.508. The third kappa shape index (κ3) is 2.83. The SMILES string of the molecule is c1cncc(OCCCn2ccnc2-c2cccc3nonc23)c1. The molecule has 7 nitrogen and oxygen atoms in total. The molecule has 0 amide bonds. The monoisotopic (exact) mass is 321 g/mol. The normalized spacial score (nSPS) is 11.0. The summed E-state index contributed by atoms with van der Waals surface area (Å²) in [6, 6.07) is 9.51. The molecule has 0 saturated carbocycles. The van der Waals surface area contributed by atoms with Gasteiger partial charge in [0.05, 0.1) is 12.8 Å². The van der Waals surface area contributed by atoms with Crippen LogP contribution in [0.1, 0.15) is 6.42 Å². The third-order valence-electron chi connectivity index (χ3n) is 3.69. The van der Waals surface area contributed by atoms with Gasteiger partial charge in [0.2, 0.25) is 0 Å². The van der Waals surface area contributed by atoms with Crippen molar-refractivity contribution in [2.75, 3.05) is 6.61 Å². The number of aryl methyl sites for hydroxylation is 1. The smallest absolute Gasteiger partial charge is 0.146 e. The van der Waals surface area contributed by atoms with Crippen molar-refractivity contribution in [3.8, 4) is 17.1 Å². The number of pyridine rings is 1. The van der Waals surface area contributed by atoms with Crippen molar-refractivity contribution in [1.82, 2.24) is 24.8 Å².